The average molecular weight is 312 g/mol. The van der Waals surface area contributed by atoms with E-state index in [1.54, 1.807) is 0 Å². The summed E-state index contributed by atoms with van der Waals surface area (Å²) in [7, 11) is 0. The molecule has 1 heterocycles. The number of hydrogen-bond donors (Lipinski definition) is 1. The van der Waals surface area contributed by atoms with Crippen molar-refractivity contribution in [3.63, 3.8) is 0 Å². The van der Waals surface area contributed by atoms with E-state index in [0.29, 0.717) is 0 Å². The normalized spacial score (nSPS) is 16.4. The number of nitrogen functional groups attached to an aromatic ring is 1. The summed E-state index contributed by atoms with van der Waals surface area (Å²) in [6, 6.07) is 8.02. The van der Waals surface area contributed by atoms with E-state index in [4.69, 9.17) is 5.73 Å². The van der Waals surface area contributed by atoms with Crippen molar-refractivity contribution >= 4 is 24.0 Å². The highest BCUT2D eigenvalue weighted by Crippen LogP contribution is 2.19. The van der Waals surface area contributed by atoms with Crippen molar-refractivity contribution in [2.45, 2.75) is 27.3 Å². The Bertz CT molecular complexity index is 477. The fourth-order valence-electron chi connectivity index (χ4n) is 2.53. The van der Waals surface area contributed by atoms with Crippen LogP contribution in [0.4, 0.5) is 5.69 Å². The third kappa shape index (κ3) is 4.90. The van der Waals surface area contributed by atoms with Gasteiger partial charge in [-0.05, 0) is 17.7 Å². The van der Waals surface area contributed by atoms with Gasteiger partial charge in [-0.15, -0.1) is 12.4 Å². The minimum absolute atomic E-state index is 0. The highest BCUT2D eigenvalue weighted by Gasteiger charge is 2.29. The van der Waals surface area contributed by atoms with Gasteiger partial charge in [-0.3, -0.25) is 9.69 Å². The van der Waals surface area contributed by atoms with Gasteiger partial charge in [0.05, 0.1) is 0 Å². The third-order valence-corrected chi connectivity index (χ3v) is 3.66. The van der Waals surface area contributed by atoms with Crippen molar-refractivity contribution < 1.29 is 4.79 Å². The Morgan fingerprint density at radius 2 is 1.81 bits per heavy atom. The highest BCUT2D eigenvalue weighted by molar-refractivity contribution is 5.85. The minimum atomic E-state index is -0.282. The van der Waals surface area contributed by atoms with Gasteiger partial charge >= 0.3 is 0 Å². The Kier molecular flexibility index (Phi) is 6.05. The summed E-state index contributed by atoms with van der Waals surface area (Å²) in [5.74, 6) is 0.251. The molecule has 1 fully saturated rings. The van der Waals surface area contributed by atoms with Gasteiger partial charge in [-0.1, -0.05) is 32.9 Å². The summed E-state index contributed by atoms with van der Waals surface area (Å²) >= 11 is 0. The molecule has 118 valence electrons. The van der Waals surface area contributed by atoms with Crippen LogP contribution in [0.25, 0.3) is 0 Å². The van der Waals surface area contributed by atoms with Crippen molar-refractivity contribution in [3.8, 4) is 0 Å². The first kappa shape index (κ1) is 17.8. The molecular formula is C16H26ClN3O. The molecule has 1 aromatic rings. The van der Waals surface area contributed by atoms with Crippen molar-refractivity contribution in [1.82, 2.24) is 9.80 Å². The van der Waals surface area contributed by atoms with Gasteiger partial charge in [-0.25, -0.2) is 0 Å². The van der Waals surface area contributed by atoms with E-state index in [9.17, 15) is 4.79 Å². The molecule has 2 rings (SSSR count). The van der Waals surface area contributed by atoms with Crippen LogP contribution in [0.5, 0.6) is 0 Å². The quantitative estimate of drug-likeness (QED) is 0.853. The molecule has 0 unspecified atom stereocenters. The van der Waals surface area contributed by atoms with Crippen LogP contribution < -0.4 is 5.73 Å². The number of hydrogen-bond acceptors (Lipinski definition) is 3. The second kappa shape index (κ2) is 7.14. The van der Waals surface area contributed by atoms with Crippen LogP contribution in [0.3, 0.4) is 0 Å². The molecule has 0 aromatic heterocycles. The van der Waals surface area contributed by atoms with Crippen molar-refractivity contribution in [2.75, 3.05) is 31.9 Å². The monoisotopic (exact) mass is 311 g/mol. The second-order valence-electron chi connectivity index (χ2n) is 6.56. The second-order valence-corrected chi connectivity index (χ2v) is 6.56. The highest BCUT2D eigenvalue weighted by atomic mass is 35.5. The summed E-state index contributed by atoms with van der Waals surface area (Å²) in [5, 5.41) is 0. The maximum Gasteiger partial charge on any atom is 0.228 e. The fraction of sp³-hybridized carbons (Fsp3) is 0.562. The lowest BCUT2D eigenvalue weighted by Crippen LogP contribution is -2.51. The van der Waals surface area contributed by atoms with Gasteiger partial charge in [0.15, 0.2) is 0 Å². The molecule has 0 radical (unpaired) electrons. The largest absolute Gasteiger partial charge is 0.399 e. The number of anilines is 1. The molecule has 1 aliphatic heterocycles. The Hall–Kier alpha value is -1.26. The molecule has 0 aliphatic carbocycles. The summed E-state index contributed by atoms with van der Waals surface area (Å²) in [6.07, 6.45) is 0. The molecule has 2 N–H and O–H groups in total. The molecule has 1 saturated heterocycles. The van der Waals surface area contributed by atoms with Crippen LogP contribution in [-0.4, -0.2) is 41.9 Å². The van der Waals surface area contributed by atoms with Crippen LogP contribution >= 0.6 is 12.4 Å². The molecule has 4 nitrogen and oxygen atoms in total. The molecule has 0 bridgehead atoms. The number of halogens is 1. The number of piperazine rings is 1. The first-order valence-electron chi connectivity index (χ1n) is 7.22. The van der Waals surface area contributed by atoms with Crippen LogP contribution in [0.15, 0.2) is 24.3 Å². The molecule has 5 heteroatoms. The summed E-state index contributed by atoms with van der Waals surface area (Å²) in [5.41, 5.74) is 7.57. The zero-order chi connectivity index (χ0) is 14.8. The first-order chi connectivity index (χ1) is 9.36. The number of carbonyl (C=O) groups excluding carboxylic acids is 1. The van der Waals surface area contributed by atoms with E-state index < -0.39 is 0 Å². The number of benzene rings is 1. The van der Waals surface area contributed by atoms with Crippen molar-refractivity contribution in [1.29, 1.82) is 0 Å². The summed E-state index contributed by atoms with van der Waals surface area (Å²) in [4.78, 5) is 16.6. The Morgan fingerprint density at radius 3 is 2.33 bits per heavy atom. The summed E-state index contributed by atoms with van der Waals surface area (Å²) < 4.78 is 0. The Morgan fingerprint density at radius 1 is 1.19 bits per heavy atom. The Balaban J connectivity index is 0.00000220. The molecule has 1 aliphatic rings. The number of rotatable bonds is 2. The van der Waals surface area contributed by atoms with Gasteiger partial charge in [0.1, 0.15) is 0 Å². The minimum Gasteiger partial charge on any atom is -0.399 e. The molecule has 1 aromatic carbocycles. The smallest absolute Gasteiger partial charge is 0.228 e. The van der Waals surface area contributed by atoms with Crippen molar-refractivity contribution in [2.24, 2.45) is 5.41 Å². The van der Waals surface area contributed by atoms with Gasteiger partial charge in [-0.2, -0.15) is 0 Å². The van der Waals surface area contributed by atoms with E-state index in [2.05, 4.69) is 11.0 Å². The molecule has 21 heavy (non-hydrogen) atoms. The van der Waals surface area contributed by atoms with Gasteiger partial charge in [0, 0.05) is 43.8 Å². The molecule has 0 saturated carbocycles. The van der Waals surface area contributed by atoms with Crippen LogP contribution in [-0.2, 0) is 11.3 Å². The van der Waals surface area contributed by atoms with Gasteiger partial charge in [0.25, 0.3) is 0 Å². The topological polar surface area (TPSA) is 49.6 Å². The van der Waals surface area contributed by atoms with E-state index in [1.165, 1.54) is 5.56 Å². The average Bonchev–Trinajstić information content (AvgIpc) is 2.38. The first-order valence-corrected chi connectivity index (χ1v) is 7.22. The predicted molar refractivity (Wildman–Crippen MR) is 89.4 cm³/mol. The van der Waals surface area contributed by atoms with Crippen LogP contribution in [0.2, 0.25) is 0 Å². The SMILES string of the molecule is CC(C)(C)C(=O)N1CCN(Cc2cccc(N)c2)CC1.Cl. The maximum absolute atomic E-state index is 12.2. The maximum atomic E-state index is 12.2. The zero-order valence-electron chi connectivity index (χ0n) is 13.1. The van der Waals surface area contributed by atoms with Gasteiger partial charge < -0.3 is 10.6 Å². The number of nitrogens with zero attached hydrogens (tertiary/aromatic N) is 2. The number of amides is 1. The fourth-order valence-corrected chi connectivity index (χ4v) is 2.53. The van der Waals surface area contributed by atoms with Crippen LogP contribution in [0.1, 0.15) is 26.3 Å². The van der Waals surface area contributed by atoms with E-state index in [1.807, 2.05) is 43.9 Å². The zero-order valence-corrected chi connectivity index (χ0v) is 13.9. The van der Waals surface area contributed by atoms with E-state index >= 15 is 0 Å². The third-order valence-electron chi connectivity index (χ3n) is 3.66. The Labute approximate surface area is 133 Å². The van der Waals surface area contributed by atoms with Gasteiger partial charge in [0.2, 0.25) is 5.91 Å². The lowest BCUT2D eigenvalue weighted by atomic mass is 9.94. The molecule has 0 atom stereocenters. The van der Waals surface area contributed by atoms with E-state index in [0.717, 1.165) is 38.4 Å². The van der Waals surface area contributed by atoms with E-state index in [-0.39, 0.29) is 23.7 Å². The number of nitrogens with two attached hydrogens (primary N) is 1. The lowest BCUT2D eigenvalue weighted by molar-refractivity contribution is -0.141. The lowest BCUT2D eigenvalue weighted by Gasteiger charge is -2.37. The van der Waals surface area contributed by atoms with Crippen molar-refractivity contribution in [3.05, 3.63) is 29.8 Å². The van der Waals surface area contributed by atoms with Crippen LogP contribution in [0, 0.1) is 5.41 Å². The molecule has 1 amide bonds. The summed E-state index contributed by atoms with van der Waals surface area (Å²) in [6.45, 7) is 10.3. The number of carbonyl (C=O) groups is 1. The molecular weight excluding hydrogens is 286 g/mol. The standard InChI is InChI=1S/C16H25N3O.ClH/c1-16(2,3)15(20)19-9-7-18(8-10-19)12-13-5-4-6-14(17)11-13;/h4-6,11H,7-10,12,17H2,1-3H3;1H. The molecule has 0 spiro atoms. The predicted octanol–water partition coefficient (Wildman–Crippen LogP) is 2.38.